The van der Waals surface area contributed by atoms with Gasteiger partial charge in [0.25, 0.3) is 0 Å². The molecule has 0 N–H and O–H groups in total. The summed E-state index contributed by atoms with van der Waals surface area (Å²) >= 11 is 0. The van der Waals surface area contributed by atoms with Crippen molar-refractivity contribution in [2.24, 2.45) is 0 Å². The largest absolute Gasteiger partial charge is 0.298 e. The highest BCUT2D eigenvalue weighted by molar-refractivity contribution is 5.73. The van der Waals surface area contributed by atoms with Gasteiger partial charge in [-0.05, 0) is 12.1 Å². The standard InChI is InChI=1S/C11H5F3N2O/c12-8-1-7(2-9(13)10(8)14)11-15-3-6(5-17)4-16-11/h1-5H. The molecule has 0 saturated carbocycles. The predicted molar refractivity (Wildman–Crippen MR) is 52.7 cm³/mol. The van der Waals surface area contributed by atoms with Gasteiger partial charge in [0.1, 0.15) is 0 Å². The molecule has 1 heterocycles. The number of rotatable bonds is 2. The molecule has 1 aromatic carbocycles. The van der Waals surface area contributed by atoms with Gasteiger partial charge in [-0.1, -0.05) is 0 Å². The van der Waals surface area contributed by atoms with Crippen molar-refractivity contribution in [3.63, 3.8) is 0 Å². The number of halogens is 3. The molecule has 0 amide bonds. The number of aldehydes is 1. The van der Waals surface area contributed by atoms with Crippen molar-refractivity contribution in [2.45, 2.75) is 0 Å². The highest BCUT2D eigenvalue weighted by atomic mass is 19.2. The van der Waals surface area contributed by atoms with E-state index < -0.39 is 17.5 Å². The van der Waals surface area contributed by atoms with E-state index in [9.17, 15) is 18.0 Å². The van der Waals surface area contributed by atoms with Crippen LogP contribution >= 0.6 is 0 Å². The van der Waals surface area contributed by atoms with Crippen molar-refractivity contribution in [3.05, 3.63) is 47.5 Å². The first-order valence-corrected chi connectivity index (χ1v) is 4.54. The maximum atomic E-state index is 12.9. The van der Waals surface area contributed by atoms with Crippen molar-refractivity contribution < 1.29 is 18.0 Å². The van der Waals surface area contributed by atoms with Crippen LogP contribution in [0.2, 0.25) is 0 Å². The van der Waals surface area contributed by atoms with E-state index in [4.69, 9.17) is 0 Å². The first kappa shape index (κ1) is 11.3. The van der Waals surface area contributed by atoms with E-state index in [2.05, 4.69) is 9.97 Å². The second kappa shape index (κ2) is 4.32. The van der Waals surface area contributed by atoms with Crippen molar-refractivity contribution in [1.82, 2.24) is 9.97 Å². The van der Waals surface area contributed by atoms with Crippen molar-refractivity contribution in [1.29, 1.82) is 0 Å². The van der Waals surface area contributed by atoms with Gasteiger partial charge in [0.2, 0.25) is 0 Å². The van der Waals surface area contributed by atoms with Crippen LogP contribution in [0.25, 0.3) is 11.4 Å². The molecular formula is C11H5F3N2O. The topological polar surface area (TPSA) is 42.9 Å². The van der Waals surface area contributed by atoms with Gasteiger partial charge in [-0.3, -0.25) is 4.79 Å². The van der Waals surface area contributed by atoms with Crippen LogP contribution in [0, 0.1) is 17.5 Å². The molecular weight excluding hydrogens is 233 g/mol. The van der Waals surface area contributed by atoms with E-state index >= 15 is 0 Å². The zero-order chi connectivity index (χ0) is 12.4. The summed E-state index contributed by atoms with van der Waals surface area (Å²) in [5, 5.41) is 0. The Hall–Kier alpha value is -2.24. The van der Waals surface area contributed by atoms with E-state index in [1.54, 1.807) is 0 Å². The third-order valence-corrected chi connectivity index (χ3v) is 2.05. The summed E-state index contributed by atoms with van der Waals surface area (Å²) in [6, 6.07) is 1.57. The highest BCUT2D eigenvalue weighted by Crippen LogP contribution is 2.20. The molecule has 17 heavy (non-hydrogen) atoms. The van der Waals surface area contributed by atoms with Crippen LogP contribution < -0.4 is 0 Å². The Balaban J connectivity index is 2.49. The molecule has 6 heteroatoms. The van der Waals surface area contributed by atoms with E-state index in [1.165, 1.54) is 12.4 Å². The second-order valence-corrected chi connectivity index (χ2v) is 3.21. The van der Waals surface area contributed by atoms with E-state index in [0.29, 0.717) is 6.29 Å². The number of carbonyl (C=O) groups is 1. The van der Waals surface area contributed by atoms with Crippen molar-refractivity contribution >= 4 is 6.29 Å². The summed E-state index contributed by atoms with van der Waals surface area (Å²) in [6.45, 7) is 0. The minimum Gasteiger partial charge on any atom is -0.298 e. The molecule has 0 radical (unpaired) electrons. The summed E-state index contributed by atoms with van der Waals surface area (Å²) in [7, 11) is 0. The van der Waals surface area contributed by atoms with Crippen LogP contribution in [0.15, 0.2) is 24.5 Å². The van der Waals surface area contributed by atoms with Gasteiger partial charge in [0.05, 0.1) is 5.56 Å². The molecule has 0 unspecified atom stereocenters. The first-order valence-electron chi connectivity index (χ1n) is 4.54. The monoisotopic (exact) mass is 238 g/mol. The molecule has 3 nitrogen and oxygen atoms in total. The number of carbonyl (C=O) groups excluding carboxylic acids is 1. The summed E-state index contributed by atoms with van der Waals surface area (Å²) in [5.74, 6) is -4.17. The lowest BCUT2D eigenvalue weighted by Crippen LogP contribution is -1.96. The Morgan fingerprint density at radius 2 is 1.53 bits per heavy atom. The molecule has 0 atom stereocenters. The van der Waals surface area contributed by atoms with Gasteiger partial charge in [-0.2, -0.15) is 0 Å². The highest BCUT2D eigenvalue weighted by Gasteiger charge is 2.12. The average Bonchev–Trinajstić information content (AvgIpc) is 2.35. The van der Waals surface area contributed by atoms with E-state index in [0.717, 1.165) is 12.1 Å². The van der Waals surface area contributed by atoms with Crippen LogP contribution in [0.5, 0.6) is 0 Å². The first-order chi connectivity index (χ1) is 8.11. The zero-order valence-electron chi connectivity index (χ0n) is 8.32. The molecule has 0 bridgehead atoms. The molecule has 0 aliphatic heterocycles. The summed E-state index contributed by atoms with van der Waals surface area (Å²) in [5.41, 5.74) is 0.232. The van der Waals surface area contributed by atoms with Gasteiger partial charge in [-0.15, -0.1) is 0 Å². The zero-order valence-corrected chi connectivity index (χ0v) is 8.32. The number of hydrogen-bond donors (Lipinski definition) is 0. The molecule has 1 aromatic heterocycles. The predicted octanol–water partition coefficient (Wildman–Crippen LogP) is 2.37. The SMILES string of the molecule is O=Cc1cnc(-c2cc(F)c(F)c(F)c2)nc1. The molecule has 0 spiro atoms. The fourth-order valence-corrected chi connectivity index (χ4v) is 1.23. The number of benzene rings is 1. The van der Waals surface area contributed by atoms with Crippen LogP contribution in [-0.2, 0) is 0 Å². The van der Waals surface area contributed by atoms with E-state index in [-0.39, 0.29) is 17.0 Å². The van der Waals surface area contributed by atoms with Gasteiger partial charge in [-0.25, -0.2) is 23.1 Å². The van der Waals surface area contributed by atoms with Gasteiger partial charge in [0, 0.05) is 18.0 Å². The Labute approximate surface area is 94.0 Å². The third-order valence-electron chi connectivity index (χ3n) is 2.05. The maximum Gasteiger partial charge on any atom is 0.194 e. The van der Waals surface area contributed by atoms with Crippen molar-refractivity contribution in [3.8, 4) is 11.4 Å². The minimum atomic E-state index is -1.54. The van der Waals surface area contributed by atoms with Gasteiger partial charge >= 0.3 is 0 Å². The molecule has 0 aliphatic carbocycles. The van der Waals surface area contributed by atoms with Crippen LogP contribution in [0.3, 0.4) is 0 Å². The average molecular weight is 238 g/mol. The summed E-state index contributed by atoms with van der Waals surface area (Å²) in [6.07, 6.45) is 2.94. The molecule has 0 saturated heterocycles. The molecule has 86 valence electrons. The number of aromatic nitrogens is 2. The fourth-order valence-electron chi connectivity index (χ4n) is 1.23. The second-order valence-electron chi connectivity index (χ2n) is 3.21. The van der Waals surface area contributed by atoms with Crippen molar-refractivity contribution in [2.75, 3.05) is 0 Å². The Bertz CT molecular complexity index is 546. The molecule has 0 aliphatic rings. The minimum absolute atomic E-state index is 0.00107. The third kappa shape index (κ3) is 2.15. The maximum absolute atomic E-state index is 12.9. The van der Waals surface area contributed by atoms with E-state index in [1.807, 2.05) is 0 Å². The quantitative estimate of drug-likeness (QED) is 0.595. The number of nitrogens with zero attached hydrogens (tertiary/aromatic N) is 2. The summed E-state index contributed by atoms with van der Waals surface area (Å²) < 4.78 is 38.6. The lowest BCUT2D eigenvalue weighted by Gasteiger charge is -2.01. The van der Waals surface area contributed by atoms with Crippen LogP contribution in [0.1, 0.15) is 10.4 Å². The van der Waals surface area contributed by atoms with Gasteiger partial charge < -0.3 is 0 Å². The normalized spacial score (nSPS) is 10.3. The fraction of sp³-hybridized carbons (Fsp3) is 0. The Kier molecular flexibility index (Phi) is 2.86. The Morgan fingerprint density at radius 3 is 2.00 bits per heavy atom. The lowest BCUT2D eigenvalue weighted by atomic mass is 10.2. The van der Waals surface area contributed by atoms with Crippen LogP contribution in [0.4, 0.5) is 13.2 Å². The van der Waals surface area contributed by atoms with Gasteiger partial charge in [0.15, 0.2) is 29.6 Å². The van der Waals surface area contributed by atoms with Crippen LogP contribution in [-0.4, -0.2) is 16.3 Å². The molecule has 2 rings (SSSR count). The smallest absolute Gasteiger partial charge is 0.194 e. The number of hydrogen-bond acceptors (Lipinski definition) is 3. The molecule has 2 aromatic rings. The Morgan fingerprint density at radius 1 is 1.00 bits per heavy atom. The molecule has 0 fully saturated rings. The lowest BCUT2D eigenvalue weighted by molar-refractivity contribution is 0.112. The summed E-state index contributed by atoms with van der Waals surface area (Å²) in [4.78, 5) is 17.8.